The number of hydrogen-bond acceptors (Lipinski definition) is 4. The zero-order valence-corrected chi connectivity index (χ0v) is 12.3. The highest BCUT2D eigenvalue weighted by Crippen LogP contribution is 2.09. The Kier molecular flexibility index (Phi) is 10.9. The molecule has 0 aromatic carbocycles. The number of hydrogen-bond donors (Lipinski definition) is 1. The van der Waals surface area contributed by atoms with Crippen LogP contribution in [0.15, 0.2) is 5.38 Å². The fraction of sp³-hybridized carbons (Fsp3) is 0.750. The van der Waals surface area contributed by atoms with Gasteiger partial charge in [0.1, 0.15) is 0 Å². The molecule has 0 aliphatic heterocycles. The molecule has 1 aromatic rings. The summed E-state index contributed by atoms with van der Waals surface area (Å²) in [6, 6.07) is 0. The lowest BCUT2D eigenvalue weighted by Gasteiger charge is -2.02. The third-order valence-corrected chi connectivity index (χ3v) is 3.45. The van der Waals surface area contributed by atoms with E-state index in [0.29, 0.717) is 0 Å². The Hall–Kier alpha value is -0.160. The van der Waals surface area contributed by atoms with E-state index in [9.17, 15) is 0 Å². The zero-order valence-electron chi connectivity index (χ0n) is 10.7. The van der Waals surface area contributed by atoms with Gasteiger partial charge in [0.15, 0.2) is 0 Å². The summed E-state index contributed by atoms with van der Waals surface area (Å²) in [4.78, 5) is 4.51. The molecular formula is C12H23ClN2OS. The van der Waals surface area contributed by atoms with E-state index >= 15 is 0 Å². The van der Waals surface area contributed by atoms with Crippen molar-refractivity contribution in [1.82, 2.24) is 10.3 Å². The quantitative estimate of drug-likeness (QED) is 0.705. The van der Waals surface area contributed by atoms with E-state index in [4.69, 9.17) is 4.74 Å². The van der Waals surface area contributed by atoms with Gasteiger partial charge < -0.3 is 10.1 Å². The molecule has 0 saturated heterocycles. The number of nitrogens with one attached hydrogen (secondary N) is 1. The second-order valence-corrected chi connectivity index (χ2v) is 4.76. The Balaban J connectivity index is 0.00000256. The van der Waals surface area contributed by atoms with Crippen LogP contribution in [0.2, 0.25) is 0 Å². The van der Waals surface area contributed by atoms with E-state index in [1.807, 2.05) is 0 Å². The summed E-state index contributed by atoms with van der Waals surface area (Å²) in [5.74, 6) is 0. The number of aromatic nitrogens is 1. The van der Waals surface area contributed by atoms with Crippen LogP contribution >= 0.6 is 23.7 Å². The van der Waals surface area contributed by atoms with Crippen LogP contribution in [0.25, 0.3) is 0 Å². The van der Waals surface area contributed by atoms with E-state index in [1.54, 1.807) is 18.4 Å². The lowest BCUT2D eigenvalue weighted by molar-refractivity contribution is 0.192. The molecule has 1 rings (SSSR count). The van der Waals surface area contributed by atoms with Crippen molar-refractivity contribution >= 4 is 23.7 Å². The molecule has 1 heterocycles. The van der Waals surface area contributed by atoms with Crippen LogP contribution in [0.1, 0.15) is 36.9 Å². The molecule has 0 saturated carbocycles. The monoisotopic (exact) mass is 278 g/mol. The van der Waals surface area contributed by atoms with Gasteiger partial charge in [-0.3, -0.25) is 0 Å². The van der Waals surface area contributed by atoms with Crippen molar-refractivity contribution in [3.8, 4) is 0 Å². The molecule has 100 valence electrons. The maximum Gasteiger partial charge on any atom is 0.0926 e. The number of methoxy groups -OCH3 is 1. The molecule has 0 aliphatic rings. The lowest BCUT2D eigenvalue weighted by atomic mass is 10.2. The summed E-state index contributed by atoms with van der Waals surface area (Å²) in [5, 5.41) is 6.80. The molecule has 0 radical (unpaired) electrons. The largest absolute Gasteiger partial charge is 0.385 e. The number of halogens is 1. The van der Waals surface area contributed by atoms with E-state index in [1.165, 1.54) is 23.5 Å². The third-order valence-electron chi connectivity index (χ3n) is 2.41. The van der Waals surface area contributed by atoms with Crippen LogP contribution < -0.4 is 5.32 Å². The minimum Gasteiger partial charge on any atom is -0.385 e. The van der Waals surface area contributed by atoms with Crippen molar-refractivity contribution in [3.05, 3.63) is 16.1 Å². The third kappa shape index (κ3) is 7.71. The van der Waals surface area contributed by atoms with E-state index < -0.39 is 0 Å². The van der Waals surface area contributed by atoms with Crippen LogP contribution in [-0.2, 0) is 17.7 Å². The highest BCUT2D eigenvalue weighted by molar-refractivity contribution is 7.09. The normalized spacial score (nSPS) is 10.2. The van der Waals surface area contributed by atoms with Gasteiger partial charge in [0.25, 0.3) is 0 Å². The minimum absolute atomic E-state index is 0. The first-order valence-electron chi connectivity index (χ1n) is 5.99. The summed E-state index contributed by atoms with van der Waals surface area (Å²) >= 11 is 1.76. The molecule has 0 fully saturated rings. The Labute approximate surface area is 114 Å². The molecular weight excluding hydrogens is 256 g/mol. The van der Waals surface area contributed by atoms with Crippen molar-refractivity contribution in [2.45, 2.75) is 39.2 Å². The van der Waals surface area contributed by atoms with Gasteiger partial charge in [-0.05, 0) is 32.2 Å². The van der Waals surface area contributed by atoms with Gasteiger partial charge in [-0.25, -0.2) is 4.98 Å². The van der Waals surface area contributed by atoms with E-state index in [2.05, 4.69) is 22.6 Å². The molecule has 0 unspecified atom stereocenters. The average molecular weight is 279 g/mol. The molecule has 0 amide bonds. The first-order chi connectivity index (χ1) is 7.86. The summed E-state index contributed by atoms with van der Waals surface area (Å²) in [6.45, 7) is 5.00. The maximum absolute atomic E-state index is 5.00. The van der Waals surface area contributed by atoms with Gasteiger partial charge in [-0.15, -0.1) is 23.7 Å². The number of unbranched alkanes of at least 4 members (excludes halogenated alkanes) is 2. The van der Waals surface area contributed by atoms with Gasteiger partial charge in [-0.2, -0.15) is 0 Å². The van der Waals surface area contributed by atoms with Crippen molar-refractivity contribution < 1.29 is 4.74 Å². The van der Waals surface area contributed by atoms with Gasteiger partial charge in [0.2, 0.25) is 0 Å². The van der Waals surface area contributed by atoms with Crippen molar-refractivity contribution in [3.63, 3.8) is 0 Å². The maximum atomic E-state index is 5.00. The second kappa shape index (κ2) is 11.0. The standard InChI is InChI=1S/C12H22N2OS.ClH/c1-3-12-14-11(10-16-12)9-13-7-5-4-6-8-15-2;/h10,13H,3-9H2,1-2H3;1H. The molecule has 0 atom stereocenters. The number of thiazole rings is 1. The molecule has 0 aliphatic carbocycles. The van der Waals surface area contributed by atoms with Crippen LogP contribution in [0.5, 0.6) is 0 Å². The summed E-state index contributed by atoms with van der Waals surface area (Å²) in [7, 11) is 1.76. The predicted molar refractivity (Wildman–Crippen MR) is 76.2 cm³/mol. The summed E-state index contributed by atoms with van der Waals surface area (Å²) in [5.41, 5.74) is 1.18. The Bertz CT molecular complexity index is 281. The fourth-order valence-electron chi connectivity index (χ4n) is 1.48. The van der Waals surface area contributed by atoms with Gasteiger partial charge in [0, 0.05) is 25.6 Å². The molecule has 0 bridgehead atoms. The second-order valence-electron chi connectivity index (χ2n) is 3.82. The smallest absolute Gasteiger partial charge is 0.0926 e. The summed E-state index contributed by atoms with van der Waals surface area (Å²) < 4.78 is 5.00. The van der Waals surface area contributed by atoms with Crippen molar-refractivity contribution in [1.29, 1.82) is 0 Å². The van der Waals surface area contributed by atoms with Crippen LogP contribution in [0, 0.1) is 0 Å². The van der Waals surface area contributed by atoms with Gasteiger partial charge in [-0.1, -0.05) is 6.92 Å². The Morgan fingerprint density at radius 1 is 1.35 bits per heavy atom. The molecule has 1 N–H and O–H groups in total. The van der Waals surface area contributed by atoms with Gasteiger partial charge >= 0.3 is 0 Å². The SMILES string of the molecule is CCc1nc(CNCCCCCOC)cs1.Cl. The molecule has 3 nitrogen and oxygen atoms in total. The van der Waals surface area contributed by atoms with Crippen LogP contribution in [0.4, 0.5) is 0 Å². The highest BCUT2D eigenvalue weighted by Gasteiger charge is 1.98. The molecule has 0 spiro atoms. The zero-order chi connectivity index (χ0) is 11.6. The number of aryl methyl sites for hydroxylation is 1. The van der Waals surface area contributed by atoms with E-state index in [-0.39, 0.29) is 12.4 Å². The first-order valence-corrected chi connectivity index (χ1v) is 6.87. The first kappa shape index (κ1) is 16.8. The predicted octanol–water partition coefficient (Wildman–Crippen LogP) is 3.03. The van der Waals surface area contributed by atoms with Gasteiger partial charge in [0.05, 0.1) is 10.7 Å². The molecule has 17 heavy (non-hydrogen) atoms. The van der Waals surface area contributed by atoms with E-state index in [0.717, 1.165) is 32.5 Å². The summed E-state index contributed by atoms with van der Waals surface area (Å²) in [6.07, 6.45) is 4.66. The molecule has 5 heteroatoms. The number of rotatable bonds is 9. The number of nitrogens with zero attached hydrogens (tertiary/aromatic N) is 1. The van der Waals surface area contributed by atoms with Crippen LogP contribution in [0.3, 0.4) is 0 Å². The lowest BCUT2D eigenvalue weighted by Crippen LogP contribution is -2.15. The highest BCUT2D eigenvalue weighted by atomic mass is 35.5. The average Bonchev–Trinajstić information content (AvgIpc) is 2.76. The van der Waals surface area contributed by atoms with Crippen molar-refractivity contribution in [2.24, 2.45) is 0 Å². The molecule has 1 aromatic heterocycles. The Morgan fingerprint density at radius 3 is 2.82 bits per heavy atom. The van der Waals surface area contributed by atoms with Crippen molar-refractivity contribution in [2.75, 3.05) is 20.3 Å². The number of ether oxygens (including phenoxy) is 1. The minimum atomic E-state index is 0. The van der Waals surface area contributed by atoms with Crippen LogP contribution in [-0.4, -0.2) is 25.2 Å². The Morgan fingerprint density at radius 2 is 2.18 bits per heavy atom. The topological polar surface area (TPSA) is 34.2 Å². The fourth-order valence-corrected chi connectivity index (χ4v) is 2.23.